The van der Waals surface area contributed by atoms with Gasteiger partial charge in [-0.3, -0.25) is 0 Å². The number of aromatic hydroxyl groups is 1. The molecule has 1 heterocycles. The van der Waals surface area contributed by atoms with Crippen molar-refractivity contribution in [1.82, 2.24) is 0 Å². The van der Waals surface area contributed by atoms with Crippen LogP contribution in [0.3, 0.4) is 0 Å². The lowest BCUT2D eigenvalue weighted by Gasteiger charge is -1.90. The average Bonchev–Trinajstić information content (AvgIpc) is 2.17. The van der Waals surface area contributed by atoms with Crippen molar-refractivity contribution in [1.29, 1.82) is 0 Å². The van der Waals surface area contributed by atoms with Gasteiger partial charge in [0.15, 0.2) is 0 Å². The van der Waals surface area contributed by atoms with Crippen molar-refractivity contribution in [2.45, 2.75) is 0 Å². The van der Waals surface area contributed by atoms with Crippen molar-refractivity contribution in [2.75, 3.05) is 0 Å². The minimum Gasteiger partial charge on any atom is -0.501 e. The summed E-state index contributed by atoms with van der Waals surface area (Å²) >= 11 is 0. The van der Waals surface area contributed by atoms with Crippen molar-refractivity contribution in [3.05, 3.63) is 42.7 Å². The monoisotopic (exact) mass is 173 g/mol. The van der Waals surface area contributed by atoms with Gasteiger partial charge in [-0.05, 0) is 11.6 Å². The fourth-order valence-corrected chi connectivity index (χ4v) is 1.22. The number of rotatable bonds is 1. The Labute approximate surface area is 75.8 Å². The first-order chi connectivity index (χ1) is 6.29. The highest BCUT2D eigenvalue weighted by atomic mass is 16.3. The van der Waals surface area contributed by atoms with E-state index in [1.807, 2.05) is 18.2 Å². The van der Waals surface area contributed by atoms with Crippen LogP contribution in [-0.4, -0.2) is 5.11 Å². The Morgan fingerprint density at radius 3 is 2.92 bits per heavy atom. The first kappa shape index (κ1) is 7.80. The fraction of sp³-hybridized carbons (Fsp3) is 0. The standard InChI is InChI=1S/C11H8O2/c1-2-8-3-4-9-6-10(12)7-13-11(9)5-8/h2-7H,1H2/p+1. The van der Waals surface area contributed by atoms with Gasteiger partial charge in [-0.15, -0.1) is 0 Å². The largest absolute Gasteiger partial charge is 0.501 e. The van der Waals surface area contributed by atoms with Crippen LogP contribution >= 0.6 is 0 Å². The minimum atomic E-state index is 0.138. The van der Waals surface area contributed by atoms with Crippen molar-refractivity contribution in [3.63, 3.8) is 0 Å². The lowest BCUT2D eigenvalue weighted by atomic mass is 10.1. The van der Waals surface area contributed by atoms with Crippen LogP contribution in [0, 0.1) is 0 Å². The molecule has 1 aromatic carbocycles. The van der Waals surface area contributed by atoms with Gasteiger partial charge in [0.2, 0.25) is 5.75 Å². The van der Waals surface area contributed by atoms with Crippen LogP contribution in [0.4, 0.5) is 0 Å². The highest BCUT2D eigenvalue weighted by Gasteiger charge is 2.07. The van der Waals surface area contributed by atoms with E-state index in [-0.39, 0.29) is 5.75 Å². The maximum Gasteiger partial charge on any atom is 0.360 e. The predicted molar refractivity (Wildman–Crippen MR) is 52.4 cm³/mol. The van der Waals surface area contributed by atoms with E-state index < -0.39 is 0 Å². The fourth-order valence-electron chi connectivity index (χ4n) is 1.22. The smallest absolute Gasteiger partial charge is 0.360 e. The van der Waals surface area contributed by atoms with Crippen molar-refractivity contribution in [2.24, 2.45) is 0 Å². The predicted octanol–water partition coefficient (Wildman–Crippen LogP) is 3.06. The van der Waals surface area contributed by atoms with Crippen LogP contribution in [0.5, 0.6) is 5.75 Å². The molecule has 0 fully saturated rings. The molecule has 1 N–H and O–H groups in total. The molecule has 0 spiro atoms. The normalized spacial score (nSPS) is 10.2. The van der Waals surface area contributed by atoms with Crippen molar-refractivity contribution < 1.29 is 9.52 Å². The van der Waals surface area contributed by atoms with Gasteiger partial charge >= 0.3 is 11.8 Å². The quantitative estimate of drug-likeness (QED) is 0.672. The molecule has 13 heavy (non-hydrogen) atoms. The van der Waals surface area contributed by atoms with E-state index in [2.05, 4.69) is 6.58 Å². The van der Waals surface area contributed by atoms with Crippen LogP contribution in [-0.2, 0) is 0 Å². The molecule has 0 aliphatic carbocycles. The average molecular weight is 173 g/mol. The van der Waals surface area contributed by atoms with Gasteiger partial charge in [-0.25, -0.2) is 4.42 Å². The zero-order valence-electron chi connectivity index (χ0n) is 7.03. The van der Waals surface area contributed by atoms with Crippen molar-refractivity contribution in [3.8, 4) is 5.75 Å². The maximum atomic E-state index is 9.14. The van der Waals surface area contributed by atoms with E-state index in [1.54, 1.807) is 12.1 Å². The second-order valence-electron chi connectivity index (χ2n) is 2.81. The van der Waals surface area contributed by atoms with Crippen LogP contribution in [0.15, 0.2) is 41.5 Å². The maximum absolute atomic E-state index is 9.14. The molecule has 0 saturated carbocycles. The SMILES string of the molecule is C=Cc1ccc2cc(O)c[o+]c2c1. The Morgan fingerprint density at radius 2 is 2.15 bits per heavy atom. The van der Waals surface area contributed by atoms with Crippen LogP contribution in [0.25, 0.3) is 17.0 Å². The van der Waals surface area contributed by atoms with Gasteiger partial charge in [-0.1, -0.05) is 18.7 Å². The van der Waals surface area contributed by atoms with Gasteiger partial charge < -0.3 is 5.11 Å². The summed E-state index contributed by atoms with van der Waals surface area (Å²) in [6.45, 7) is 3.66. The van der Waals surface area contributed by atoms with E-state index in [1.165, 1.54) is 6.26 Å². The molecule has 2 rings (SSSR count). The van der Waals surface area contributed by atoms with Gasteiger partial charge in [0.25, 0.3) is 0 Å². The molecular weight excluding hydrogens is 164 g/mol. The summed E-state index contributed by atoms with van der Waals surface area (Å²) in [4.78, 5) is 0. The zero-order chi connectivity index (χ0) is 9.26. The molecule has 2 nitrogen and oxygen atoms in total. The first-order valence-corrected chi connectivity index (χ1v) is 3.96. The first-order valence-electron chi connectivity index (χ1n) is 3.96. The Balaban J connectivity index is 2.73. The second kappa shape index (κ2) is 2.90. The highest BCUT2D eigenvalue weighted by Crippen LogP contribution is 2.21. The summed E-state index contributed by atoms with van der Waals surface area (Å²) < 4.78 is 5.19. The van der Waals surface area contributed by atoms with E-state index in [9.17, 15) is 0 Å². The van der Waals surface area contributed by atoms with Gasteiger partial charge in [0.1, 0.15) is 0 Å². The molecule has 0 aliphatic heterocycles. The Hall–Kier alpha value is -1.83. The molecule has 0 saturated heterocycles. The summed E-state index contributed by atoms with van der Waals surface area (Å²) in [6.07, 6.45) is 3.07. The molecular formula is C11H9O2+. The number of benzene rings is 1. The van der Waals surface area contributed by atoms with E-state index >= 15 is 0 Å². The van der Waals surface area contributed by atoms with Gasteiger partial charge in [0, 0.05) is 6.07 Å². The van der Waals surface area contributed by atoms with Crippen LogP contribution in [0.2, 0.25) is 0 Å². The molecule has 0 unspecified atom stereocenters. The molecule has 0 atom stereocenters. The molecule has 2 heteroatoms. The summed E-state index contributed by atoms with van der Waals surface area (Å²) in [7, 11) is 0. The third kappa shape index (κ3) is 1.38. The molecule has 1 aromatic heterocycles. The molecule has 2 aromatic rings. The van der Waals surface area contributed by atoms with E-state index in [4.69, 9.17) is 9.52 Å². The minimum absolute atomic E-state index is 0.138. The topological polar surface area (TPSA) is 31.5 Å². The Kier molecular flexibility index (Phi) is 1.74. The second-order valence-corrected chi connectivity index (χ2v) is 2.81. The van der Waals surface area contributed by atoms with E-state index in [0.29, 0.717) is 0 Å². The molecule has 0 amide bonds. The number of hydrogen-bond donors (Lipinski definition) is 1. The number of hydrogen-bond acceptors (Lipinski definition) is 1. The summed E-state index contributed by atoms with van der Waals surface area (Å²) in [6, 6.07) is 7.34. The van der Waals surface area contributed by atoms with Crippen molar-refractivity contribution >= 4 is 17.0 Å². The molecule has 0 bridgehead atoms. The lowest BCUT2D eigenvalue weighted by molar-refractivity contribution is 0.447. The molecule has 64 valence electrons. The molecule has 0 aliphatic rings. The van der Waals surface area contributed by atoms with Crippen LogP contribution in [0.1, 0.15) is 5.56 Å². The molecule has 0 radical (unpaired) electrons. The van der Waals surface area contributed by atoms with E-state index in [0.717, 1.165) is 16.5 Å². The number of fused-ring (bicyclic) bond motifs is 1. The summed E-state index contributed by atoms with van der Waals surface area (Å²) in [5.74, 6) is 0.138. The summed E-state index contributed by atoms with van der Waals surface area (Å²) in [5, 5.41) is 10.0. The highest BCUT2D eigenvalue weighted by molar-refractivity contribution is 5.80. The Morgan fingerprint density at radius 1 is 1.31 bits per heavy atom. The van der Waals surface area contributed by atoms with Gasteiger partial charge in [0.05, 0.1) is 11.5 Å². The zero-order valence-corrected chi connectivity index (χ0v) is 7.03. The summed E-state index contributed by atoms with van der Waals surface area (Å²) in [5.41, 5.74) is 1.75. The lowest BCUT2D eigenvalue weighted by Crippen LogP contribution is -1.74. The van der Waals surface area contributed by atoms with Gasteiger partial charge in [-0.2, -0.15) is 0 Å². The third-order valence-electron chi connectivity index (χ3n) is 1.88. The van der Waals surface area contributed by atoms with Crippen LogP contribution < -0.4 is 0 Å². The Bertz CT molecular complexity index is 461. The third-order valence-corrected chi connectivity index (χ3v) is 1.88.